The summed E-state index contributed by atoms with van der Waals surface area (Å²) >= 11 is 0. The second-order valence-corrected chi connectivity index (χ2v) is 5.55. The first-order valence-electron chi connectivity index (χ1n) is 7.40. The molecule has 0 radical (unpaired) electrons. The number of nitrogens with one attached hydrogen (secondary N) is 1. The number of aromatic hydroxyl groups is 2. The fraction of sp³-hybridized carbons (Fsp3) is 0.188. The highest BCUT2D eigenvalue weighted by Crippen LogP contribution is 2.35. The zero-order valence-electron chi connectivity index (χ0n) is 13.8. The van der Waals surface area contributed by atoms with Gasteiger partial charge in [0.05, 0.1) is 12.6 Å². The van der Waals surface area contributed by atoms with E-state index in [2.05, 4.69) is 0 Å². The third-order valence-corrected chi connectivity index (χ3v) is 4.00. The molecule has 4 N–H and O–H groups in total. The second-order valence-electron chi connectivity index (χ2n) is 5.55. The van der Waals surface area contributed by atoms with Crippen molar-refractivity contribution in [1.82, 2.24) is 14.5 Å². The number of aliphatic carboxylic acids is 1. The lowest BCUT2D eigenvalue weighted by atomic mass is 10.2. The van der Waals surface area contributed by atoms with Gasteiger partial charge in [0.1, 0.15) is 29.1 Å². The molecular weight excluding hydrogens is 346 g/mol. The molecule has 10 nitrogen and oxygen atoms in total. The van der Waals surface area contributed by atoms with Crippen LogP contribution in [0.5, 0.6) is 17.2 Å². The van der Waals surface area contributed by atoms with Crippen molar-refractivity contribution in [3.05, 3.63) is 34.1 Å². The molecule has 0 saturated heterocycles. The lowest BCUT2D eigenvalue weighted by molar-refractivity contribution is -0.135. The van der Waals surface area contributed by atoms with Crippen LogP contribution in [-0.2, 0) is 11.8 Å². The van der Waals surface area contributed by atoms with E-state index in [1.807, 2.05) is 5.32 Å². The zero-order valence-corrected chi connectivity index (χ0v) is 13.8. The molecule has 0 aliphatic carbocycles. The molecule has 0 bridgehead atoms. The molecule has 0 saturated carbocycles. The molecule has 0 spiro atoms. The molecule has 136 valence electrons. The molecule has 0 fully saturated rings. The molecule has 0 unspecified atom stereocenters. The molecule has 1 aromatic carbocycles. The summed E-state index contributed by atoms with van der Waals surface area (Å²) in [6.07, 6.45) is 0. The van der Waals surface area contributed by atoms with Crippen molar-refractivity contribution in [2.75, 3.05) is 13.7 Å². The summed E-state index contributed by atoms with van der Waals surface area (Å²) in [7, 11) is 2.79. The quantitative estimate of drug-likeness (QED) is 0.513. The third kappa shape index (κ3) is 2.48. The Morgan fingerprint density at radius 2 is 1.88 bits per heavy atom. The molecule has 10 heteroatoms. The first-order valence-corrected chi connectivity index (χ1v) is 7.40. The van der Waals surface area contributed by atoms with E-state index in [0.717, 1.165) is 4.68 Å². The number of hydrogen-bond acceptors (Lipinski definition) is 6. The van der Waals surface area contributed by atoms with Crippen molar-refractivity contribution in [1.29, 1.82) is 0 Å². The van der Waals surface area contributed by atoms with Gasteiger partial charge >= 0.3 is 5.97 Å². The van der Waals surface area contributed by atoms with E-state index in [0.29, 0.717) is 16.7 Å². The van der Waals surface area contributed by atoms with Crippen LogP contribution in [0, 0.1) is 0 Å². The summed E-state index contributed by atoms with van der Waals surface area (Å²) in [5.41, 5.74) is -0.955. The van der Waals surface area contributed by atoms with E-state index in [1.54, 1.807) is 6.07 Å². The van der Waals surface area contributed by atoms with Gasteiger partial charge in [-0.25, -0.2) is 9.20 Å². The normalized spacial score (nSPS) is 11.0. The van der Waals surface area contributed by atoms with Crippen LogP contribution < -0.4 is 15.6 Å². The predicted octanol–water partition coefficient (Wildman–Crippen LogP) is 0.0254. The van der Waals surface area contributed by atoms with Gasteiger partial charge < -0.3 is 25.4 Å². The summed E-state index contributed by atoms with van der Waals surface area (Å²) in [5, 5.41) is 31.6. The minimum atomic E-state index is -1.29. The fourth-order valence-corrected chi connectivity index (χ4v) is 2.79. The van der Waals surface area contributed by atoms with Gasteiger partial charge in [-0.15, -0.1) is 0 Å². The molecule has 0 atom stereocenters. The van der Waals surface area contributed by atoms with Crippen molar-refractivity contribution >= 4 is 28.3 Å². The van der Waals surface area contributed by atoms with Gasteiger partial charge in [0.2, 0.25) is 0 Å². The van der Waals surface area contributed by atoms with Gasteiger partial charge in [0, 0.05) is 24.6 Å². The number of amides is 1. The number of aromatic nitrogens is 2. The van der Waals surface area contributed by atoms with Crippen molar-refractivity contribution in [3.8, 4) is 17.2 Å². The van der Waals surface area contributed by atoms with Gasteiger partial charge in [-0.05, 0) is 6.07 Å². The van der Waals surface area contributed by atoms with Gasteiger partial charge in [0.15, 0.2) is 5.75 Å². The minimum absolute atomic E-state index is 0.0890. The number of fused-ring (bicyclic) bond motifs is 3. The van der Waals surface area contributed by atoms with Crippen LogP contribution in [-0.4, -0.2) is 50.0 Å². The number of rotatable bonds is 4. The van der Waals surface area contributed by atoms with Gasteiger partial charge in [-0.3, -0.25) is 14.4 Å². The fourth-order valence-electron chi connectivity index (χ4n) is 2.79. The number of methoxy groups -OCH3 is 1. The molecule has 2 aromatic heterocycles. The number of nitrogens with zero attached hydrogens (tertiary/aromatic N) is 2. The number of aryl methyl sites for hydroxylation is 1. The van der Waals surface area contributed by atoms with Gasteiger partial charge in [-0.2, -0.15) is 0 Å². The molecule has 3 rings (SSSR count). The average molecular weight is 361 g/mol. The third-order valence-electron chi connectivity index (χ3n) is 4.00. The number of hydrogen-bond donors (Lipinski definition) is 4. The number of phenols is 1. The van der Waals surface area contributed by atoms with E-state index >= 15 is 0 Å². The maximum Gasteiger partial charge on any atom is 0.322 e. The topological polar surface area (TPSA) is 142 Å². The Hall–Kier alpha value is -3.69. The van der Waals surface area contributed by atoms with Crippen LogP contribution >= 0.6 is 0 Å². The molecule has 1 amide bonds. The summed E-state index contributed by atoms with van der Waals surface area (Å²) < 4.78 is 7.49. The smallest absolute Gasteiger partial charge is 0.322 e. The number of carboxylic acids is 1. The van der Waals surface area contributed by atoms with Crippen LogP contribution in [0.1, 0.15) is 10.4 Å². The molecule has 0 aliphatic heterocycles. The Morgan fingerprint density at radius 1 is 1.19 bits per heavy atom. The van der Waals surface area contributed by atoms with Crippen molar-refractivity contribution in [2.45, 2.75) is 0 Å². The van der Waals surface area contributed by atoms with Crippen molar-refractivity contribution < 1.29 is 29.6 Å². The molecule has 26 heavy (non-hydrogen) atoms. The standard InChI is InChI=1S/C16H15N3O7/c1-18-16(25)13(15(24)17-6-12(21)22)14(23)10-5-8-9(19(10)18)3-7(26-2)4-11(8)20/h3-5,20,23H,6H2,1-2H3,(H,17,24)(H,21,22). The average Bonchev–Trinajstić information content (AvgIpc) is 2.98. The molecule has 3 aromatic rings. The van der Waals surface area contributed by atoms with Crippen LogP contribution in [0.3, 0.4) is 0 Å². The molecular formula is C16H15N3O7. The Balaban J connectivity index is 2.34. The second kappa shape index (κ2) is 5.99. The number of carbonyl (C=O) groups is 2. The van der Waals surface area contributed by atoms with Gasteiger partial charge in [-0.1, -0.05) is 0 Å². The summed E-state index contributed by atoms with van der Waals surface area (Å²) in [6.45, 7) is -0.701. The first kappa shape index (κ1) is 17.1. The van der Waals surface area contributed by atoms with E-state index in [4.69, 9.17) is 9.84 Å². The van der Waals surface area contributed by atoms with Crippen LogP contribution in [0.2, 0.25) is 0 Å². The minimum Gasteiger partial charge on any atom is -0.507 e. The van der Waals surface area contributed by atoms with Crippen LogP contribution in [0.4, 0.5) is 0 Å². The summed E-state index contributed by atoms with van der Waals surface area (Å²) in [6, 6.07) is 4.34. The molecule has 2 heterocycles. The maximum atomic E-state index is 12.6. The first-order chi connectivity index (χ1) is 12.3. The molecule has 0 aliphatic rings. The highest BCUT2D eigenvalue weighted by atomic mass is 16.5. The Morgan fingerprint density at radius 3 is 2.50 bits per heavy atom. The highest BCUT2D eigenvalue weighted by molar-refractivity contribution is 6.02. The number of carbonyl (C=O) groups excluding carboxylic acids is 1. The number of carboxylic acid groups (broad SMARTS) is 1. The predicted molar refractivity (Wildman–Crippen MR) is 90.0 cm³/mol. The largest absolute Gasteiger partial charge is 0.507 e. The summed E-state index contributed by atoms with van der Waals surface area (Å²) in [5.74, 6) is -2.72. The van der Waals surface area contributed by atoms with Gasteiger partial charge in [0.25, 0.3) is 11.5 Å². The van der Waals surface area contributed by atoms with E-state index in [-0.39, 0.29) is 11.3 Å². The Bertz CT molecular complexity index is 1130. The SMILES string of the molecule is COc1cc(O)c2cc3c(O)c(C(=O)NCC(=O)O)c(=O)n(C)n3c2c1. The van der Waals surface area contributed by atoms with Crippen LogP contribution in [0.25, 0.3) is 16.4 Å². The van der Waals surface area contributed by atoms with E-state index in [1.165, 1.54) is 30.8 Å². The van der Waals surface area contributed by atoms with Crippen molar-refractivity contribution in [2.24, 2.45) is 7.05 Å². The zero-order chi connectivity index (χ0) is 19.2. The Kier molecular flexibility index (Phi) is 3.95. The number of phenolic OH excluding ortho intramolecular Hbond substituents is 1. The Labute approximate surface area is 145 Å². The lowest BCUT2D eigenvalue weighted by Crippen LogP contribution is -2.36. The highest BCUT2D eigenvalue weighted by Gasteiger charge is 2.24. The number of benzene rings is 1. The lowest BCUT2D eigenvalue weighted by Gasteiger charge is -2.11. The summed E-state index contributed by atoms with van der Waals surface area (Å²) in [4.78, 5) is 35.3. The monoisotopic (exact) mass is 361 g/mol. The van der Waals surface area contributed by atoms with E-state index in [9.17, 15) is 24.6 Å². The van der Waals surface area contributed by atoms with Crippen molar-refractivity contribution in [3.63, 3.8) is 0 Å². The number of ether oxygens (including phenoxy) is 1. The maximum absolute atomic E-state index is 12.6. The van der Waals surface area contributed by atoms with E-state index < -0.39 is 35.3 Å². The van der Waals surface area contributed by atoms with Crippen LogP contribution in [0.15, 0.2) is 23.0 Å².